The Kier molecular flexibility index (Phi) is 5.55. The molecule has 126 valence electrons. The predicted molar refractivity (Wildman–Crippen MR) is 92.4 cm³/mol. The summed E-state index contributed by atoms with van der Waals surface area (Å²) < 4.78 is 5.71. The number of para-hydroxylation sites is 1. The number of piperidine rings is 1. The Morgan fingerprint density at radius 2 is 2.13 bits per heavy atom. The van der Waals surface area contributed by atoms with Crippen LogP contribution >= 0.6 is 0 Å². The van der Waals surface area contributed by atoms with Crippen LogP contribution in [-0.4, -0.2) is 42.6 Å². The molecular weight excluding hydrogens is 288 g/mol. The number of nitrogens with zero attached hydrogens (tertiary/aromatic N) is 1. The third-order valence-electron chi connectivity index (χ3n) is 5.05. The van der Waals surface area contributed by atoms with E-state index in [4.69, 9.17) is 4.74 Å². The van der Waals surface area contributed by atoms with Gasteiger partial charge in [0, 0.05) is 37.3 Å². The molecule has 1 N–H and O–H groups in total. The zero-order chi connectivity index (χ0) is 16.1. The highest BCUT2D eigenvalue weighted by atomic mass is 16.5. The Morgan fingerprint density at radius 3 is 2.91 bits per heavy atom. The summed E-state index contributed by atoms with van der Waals surface area (Å²) in [6.07, 6.45) is 5.24. The minimum absolute atomic E-state index is 0.157. The first-order valence-electron chi connectivity index (χ1n) is 8.98. The van der Waals surface area contributed by atoms with E-state index in [0.717, 1.165) is 57.5 Å². The molecule has 4 heteroatoms. The van der Waals surface area contributed by atoms with Crippen LogP contribution in [0.1, 0.15) is 39.0 Å². The fourth-order valence-corrected chi connectivity index (χ4v) is 3.71. The number of hydrogen-bond donors (Lipinski definition) is 1. The molecular formula is C19H28N2O2. The van der Waals surface area contributed by atoms with Gasteiger partial charge in [-0.1, -0.05) is 25.1 Å². The SMILES string of the molecule is CCC1CC(C(=O)N2CCCC(Nc3ccccc3)C2)CCO1. The van der Waals surface area contributed by atoms with Crippen molar-refractivity contribution in [2.45, 2.75) is 51.2 Å². The quantitative estimate of drug-likeness (QED) is 0.927. The van der Waals surface area contributed by atoms with Gasteiger partial charge in [0.05, 0.1) is 6.10 Å². The number of likely N-dealkylation sites (tertiary alicyclic amines) is 1. The Balaban J connectivity index is 1.56. The highest BCUT2D eigenvalue weighted by Crippen LogP contribution is 2.26. The summed E-state index contributed by atoms with van der Waals surface area (Å²) in [4.78, 5) is 14.9. The molecule has 3 rings (SSSR count). The van der Waals surface area contributed by atoms with Crippen LogP contribution in [-0.2, 0) is 9.53 Å². The topological polar surface area (TPSA) is 41.6 Å². The van der Waals surface area contributed by atoms with Crippen molar-refractivity contribution in [1.29, 1.82) is 0 Å². The standard InChI is InChI=1S/C19H28N2O2/c1-2-18-13-15(10-12-23-18)19(22)21-11-6-9-17(14-21)20-16-7-4-3-5-8-16/h3-5,7-8,15,17-18,20H,2,6,9-14H2,1H3. The molecule has 0 radical (unpaired) electrons. The molecule has 0 saturated carbocycles. The van der Waals surface area contributed by atoms with Crippen molar-refractivity contribution in [3.05, 3.63) is 30.3 Å². The smallest absolute Gasteiger partial charge is 0.225 e. The zero-order valence-electron chi connectivity index (χ0n) is 14.0. The fraction of sp³-hybridized carbons (Fsp3) is 0.632. The van der Waals surface area contributed by atoms with Gasteiger partial charge in [-0.2, -0.15) is 0 Å². The lowest BCUT2D eigenvalue weighted by molar-refractivity contribution is -0.141. The van der Waals surface area contributed by atoms with E-state index in [9.17, 15) is 4.79 Å². The summed E-state index contributed by atoms with van der Waals surface area (Å²) in [7, 11) is 0. The van der Waals surface area contributed by atoms with Gasteiger partial charge < -0.3 is 15.0 Å². The van der Waals surface area contributed by atoms with Gasteiger partial charge in [-0.05, 0) is 44.2 Å². The summed E-state index contributed by atoms with van der Waals surface area (Å²) in [6.45, 7) is 4.59. The second kappa shape index (κ2) is 7.82. The molecule has 0 bridgehead atoms. The van der Waals surface area contributed by atoms with Crippen LogP contribution in [0.3, 0.4) is 0 Å². The highest BCUT2D eigenvalue weighted by Gasteiger charge is 2.32. The normalized spacial score (nSPS) is 28.4. The molecule has 1 aromatic carbocycles. The second-order valence-corrected chi connectivity index (χ2v) is 6.76. The van der Waals surface area contributed by atoms with Gasteiger partial charge in [-0.15, -0.1) is 0 Å². The largest absolute Gasteiger partial charge is 0.381 e. The first kappa shape index (κ1) is 16.3. The molecule has 23 heavy (non-hydrogen) atoms. The van der Waals surface area contributed by atoms with Crippen LogP contribution in [0, 0.1) is 5.92 Å². The lowest BCUT2D eigenvalue weighted by Gasteiger charge is -2.37. The minimum atomic E-state index is 0.157. The highest BCUT2D eigenvalue weighted by molar-refractivity contribution is 5.79. The van der Waals surface area contributed by atoms with Gasteiger partial charge in [-0.3, -0.25) is 4.79 Å². The Labute approximate surface area is 139 Å². The third kappa shape index (κ3) is 4.25. The van der Waals surface area contributed by atoms with E-state index in [-0.39, 0.29) is 12.0 Å². The van der Waals surface area contributed by atoms with Crippen molar-refractivity contribution in [3.8, 4) is 0 Å². The van der Waals surface area contributed by atoms with Gasteiger partial charge in [0.15, 0.2) is 0 Å². The van der Waals surface area contributed by atoms with Crippen molar-refractivity contribution < 1.29 is 9.53 Å². The number of amides is 1. The molecule has 2 fully saturated rings. The predicted octanol–water partition coefficient (Wildman–Crippen LogP) is 3.29. The average molecular weight is 316 g/mol. The molecule has 0 aromatic heterocycles. The van der Waals surface area contributed by atoms with Gasteiger partial charge in [-0.25, -0.2) is 0 Å². The molecule has 2 saturated heterocycles. The van der Waals surface area contributed by atoms with Crippen LogP contribution in [0.25, 0.3) is 0 Å². The van der Waals surface area contributed by atoms with E-state index in [1.165, 1.54) is 0 Å². The maximum Gasteiger partial charge on any atom is 0.225 e. The van der Waals surface area contributed by atoms with Gasteiger partial charge in [0.25, 0.3) is 0 Å². The zero-order valence-corrected chi connectivity index (χ0v) is 14.0. The minimum Gasteiger partial charge on any atom is -0.381 e. The molecule has 3 atom stereocenters. The summed E-state index contributed by atoms with van der Waals surface area (Å²) in [6, 6.07) is 10.6. The molecule has 2 aliphatic rings. The Bertz CT molecular complexity index is 505. The molecule has 1 aromatic rings. The van der Waals surface area contributed by atoms with E-state index < -0.39 is 0 Å². The van der Waals surface area contributed by atoms with Crippen molar-refractivity contribution >= 4 is 11.6 Å². The van der Waals surface area contributed by atoms with E-state index >= 15 is 0 Å². The van der Waals surface area contributed by atoms with Crippen molar-refractivity contribution in [3.63, 3.8) is 0 Å². The maximum absolute atomic E-state index is 12.9. The monoisotopic (exact) mass is 316 g/mol. The first-order chi connectivity index (χ1) is 11.3. The molecule has 4 nitrogen and oxygen atoms in total. The van der Waals surface area contributed by atoms with E-state index in [2.05, 4.69) is 29.3 Å². The van der Waals surface area contributed by atoms with Gasteiger partial charge in [0.1, 0.15) is 0 Å². The Morgan fingerprint density at radius 1 is 1.30 bits per heavy atom. The van der Waals surface area contributed by atoms with Crippen molar-refractivity contribution in [2.24, 2.45) is 5.92 Å². The summed E-state index contributed by atoms with van der Waals surface area (Å²) >= 11 is 0. The molecule has 3 unspecified atom stereocenters. The van der Waals surface area contributed by atoms with Crippen LogP contribution in [0.15, 0.2) is 30.3 Å². The Hall–Kier alpha value is -1.55. The fourth-order valence-electron chi connectivity index (χ4n) is 3.71. The molecule has 0 spiro atoms. The number of benzene rings is 1. The number of anilines is 1. The third-order valence-corrected chi connectivity index (χ3v) is 5.05. The summed E-state index contributed by atoms with van der Waals surface area (Å²) in [5, 5.41) is 3.57. The lowest BCUT2D eigenvalue weighted by Crippen LogP contribution is -2.48. The summed E-state index contributed by atoms with van der Waals surface area (Å²) in [5.41, 5.74) is 1.14. The molecule has 0 aliphatic carbocycles. The number of nitrogens with one attached hydrogen (secondary N) is 1. The number of hydrogen-bond acceptors (Lipinski definition) is 3. The first-order valence-corrected chi connectivity index (χ1v) is 8.98. The molecule has 2 heterocycles. The average Bonchev–Trinajstić information content (AvgIpc) is 2.62. The van der Waals surface area contributed by atoms with Crippen LogP contribution in [0.2, 0.25) is 0 Å². The molecule has 1 amide bonds. The van der Waals surface area contributed by atoms with E-state index in [0.29, 0.717) is 11.9 Å². The van der Waals surface area contributed by atoms with Crippen LogP contribution in [0.5, 0.6) is 0 Å². The number of ether oxygens (including phenoxy) is 1. The van der Waals surface area contributed by atoms with Crippen molar-refractivity contribution in [2.75, 3.05) is 25.0 Å². The summed E-state index contributed by atoms with van der Waals surface area (Å²) in [5.74, 6) is 0.496. The van der Waals surface area contributed by atoms with E-state index in [1.54, 1.807) is 0 Å². The number of carbonyl (C=O) groups is 1. The number of rotatable bonds is 4. The van der Waals surface area contributed by atoms with Gasteiger partial charge >= 0.3 is 0 Å². The maximum atomic E-state index is 12.9. The van der Waals surface area contributed by atoms with Crippen LogP contribution in [0.4, 0.5) is 5.69 Å². The number of carbonyl (C=O) groups excluding carboxylic acids is 1. The van der Waals surface area contributed by atoms with Gasteiger partial charge in [0.2, 0.25) is 5.91 Å². The lowest BCUT2D eigenvalue weighted by atomic mass is 9.92. The second-order valence-electron chi connectivity index (χ2n) is 6.76. The van der Waals surface area contributed by atoms with E-state index in [1.807, 2.05) is 18.2 Å². The molecule has 2 aliphatic heterocycles. The van der Waals surface area contributed by atoms with Crippen molar-refractivity contribution in [1.82, 2.24) is 4.90 Å². The van der Waals surface area contributed by atoms with Crippen LogP contribution < -0.4 is 5.32 Å².